The van der Waals surface area contributed by atoms with E-state index >= 15 is 0 Å². The van der Waals surface area contributed by atoms with Gasteiger partial charge in [0.05, 0.1) is 22.7 Å². The van der Waals surface area contributed by atoms with Crippen LogP contribution >= 0.6 is 23.4 Å². The monoisotopic (exact) mass is 401 g/mol. The number of amides is 1. The van der Waals surface area contributed by atoms with Crippen molar-refractivity contribution in [1.29, 1.82) is 0 Å². The van der Waals surface area contributed by atoms with E-state index in [0.717, 1.165) is 11.8 Å². The van der Waals surface area contributed by atoms with Crippen molar-refractivity contribution in [3.63, 3.8) is 0 Å². The van der Waals surface area contributed by atoms with Crippen molar-refractivity contribution in [1.82, 2.24) is 19.6 Å². The standard InChI is InChI=1S/C17H12ClN5O3S/c18-10-4-1-2-5-11(10)19-15(25)9-27-17-21-16(12-6-3-7-26-12)20-13-8-14(24)22-23(13)17/h1-8H,9H2,(H,19,25)(H,22,24). The van der Waals surface area contributed by atoms with Gasteiger partial charge in [-0.3, -0.25) is 14.7 Å². The second kappa shape index (κ2) is 7.29. The predicted octanol–water partition coefficient (Wildman–Crippen LogP) is 3.06. The van der Waals surface area contributed by atoms with Crippen molar-refractivity contribution in [2.24, 2.45) is 0 Å². The Labute approximate surface area is 161 Å². The van der Waals surface area contributed by atoms with Crippen molar-refractivity contribution in [2.75, 3.05) is 11.1 Å². The number of anilines is 1. The van der Waals surface area contributed by atoms with Gasteiger partial charge in [-0.05, 0) is 24.3 Å². The van der Waals surface area contributed by atoms with Crippen LogP contribution in [0.25, 0.3) is 17.2 Å². The molecule has 0 spiro atoms. The molecule has 136 valence electrons. The number of carbonyl (C=O) groups excluding carboxylic acids is 1. The summed E-state index contributed by atoms with van der Waals surface area (Å²) < 4.78 is 6.76. The average molecular weight is 402 g/mol. The number of aromatic nitrogens is 4. The number of halogens is 1. The molecular formula is C17H12ClN5O3S. The fraction of sp³-hybridized carbons (Fsp3) is 0.0588. The summed E-state index contributed by atoms with van der Waals surface area (Å²) in [6.07, 6.45) is 1.51. The number of rotatable bonds is 5. The number of nitrogens with zero attached hydrogens (tertiary/aromatic N) is 3. The zero-order valence-corrected chi connectivity index (χ0v) is 15.3. The van der Waals surface area contributed by atoms with Gasteiger partial charge in [-0.2, -0.15) is 4.98 Å². The molecule has 3 heterocycles. The maximum Gasteiger partial charge on any atom is 0.266 e. The number of hydrogen-bond donors (Lipinski definition) is 2. The summed E-state index contributed by atoms with van der Waals surface area (Å²) in [6, 6.07) is 11.8. The Hall–Kier alpha value is -3.04. The Morgan fingerprint density at radius 2 is 2.11 bits per heavy atom. The minimum atomic E-state index is -0.316. The quantitative estimate of drug-likeness (QED) is 0.498. The molecule has 2 N–H and O–H groups in total. The lowest BCUT2D eigenvalue weighted by Gasteiger charge is -2.08. The third-order valence-corrected chi connectivity index (χ3v) is 4.81. The molecule has 1 amide bonds. The summed E-state index contributed by atoms with van der Waals surface area (Å²) in [6.45, 7) is 0. The highest BCUT2D eigenvalue weighted by atomic mass is 35.5. The van der Waals surface area contributed by atoms with Crippen LogP contribution in [0.4, 0.5) is 5.69 Å². The maximum atomic E-state index is 12.3. The molecule has 3 aromatic heterocycles. The molecule has 4 rings (SSSR count). The van der Waals surface area contributed by atoms with Gasteiger partial charge in [-0.25, -0.2) is 9.50 Å². The second-order valence-electron chi connectivity index (χ2n) is 5.44. The molecule has 0 aliphatic rings. The van der Waals surface area contributed by atoms with Crippen molar-refractivity contribution in [3.05, 3.63) is 64.1 Å². The van der Waals surface area contributed by atoms with Crippen molar-refractivity contribution >= 4 is 40.6 Å². The van der Waals surface area contributed by atoms with E-state index in [0.29, 0.717) is 33.1 Å². The lowest BCUT2D eigenvalue weighted by Crippen LogP contribution is -2.15. The number of hydrogen-bond acceptors (Lipinski definition) is 6. The summed E-state index contributed by atoms with van der Waals surface area (Å²) in [5.41, 5.74) is 0.599. The molecule has 0 bridgehead atoms. The summed E-state index contributed by atoms with van der Waals surface area (Å²) >= 11 is 7.20. The summed E-state index contributed by atoms with van der Waals surface area (Å²) in [4.78, 5) is 32.6. The number of para-hydroxylation sites is 1. The van der Waals surface area contributed by atoms with Gasteiger partial charge < -0.3 is 9.73 Å². The fourth-order valence-corrected chi connectivity index (χ4v) is 3.31. The zero-order chi connectivity index (χ0) is 18.8. The molecule has 0 aliphatic heterocycles. The van der Waals surface area contributed by atoms with Gasteiger partial charge in [-0.15, -0.1) is 0 Å². The van der Waals surface area contributed by atoms with Crippen LogP contribution in [0.5, 0.6) is 0 Å². The number of benzene rings is 1. The van der Waals surface area contributed by atoms with Crippen LogP contribution in [-0.2, 0) is 4.79 Å². The van der Waals surface area contributed by atoms with E-state index in [1.165, 1.54) is 16.8 Å². The highest BCUT2D eigenvalue weighted by Crippen LogP contribution is 2.23. The Kier molecular flexibility index (Phi) is 4.69. The molecule has 10 heteroatoms. The van der Waals surface area contributed by atoms with E-state index in [-0.39, 0.29) is 17.2 Å². The van der Waals surface area contributed by atoms with Crippen LogP contribution in [0.3, 0.4) is 0 Å². The first-order valence-electron chi connectivity index (χ1n) is 7.81. The van der Waals surface area contributed by atoms with Gasteiger partial charge in [0, 0.05) is 6.07 Å². The lowest BCUT2D eigenvalue weighted by molar-refractivity contribution is -0.113. The minimum absolute atomic E-state index is 0.0646. The van der Waals surface area contributed by atoms with E-state index in [1.807, 2.05) is 0 Å². The molecule has 0 aliphatic carbocycles. The Bertz CT molecular complexity index is 1170. The Morgan fingerprint density at radius 3 is 2.89 bits per heavy atom. The third kappa shape index (κ3) is 3.74. The molecule has 8 nitrogen and oxygen atoms in total. The number of nitrogens with one attached hydrogen (secondary N) is 2. The van der Waals surface area contributed by atoms with E-state index in [4.69, 9.17) is 16.0 Å². The van der Waals surface area contributed by atoms with Crippen LogP contribution in [0, 0.1) is 0 Å². The van der Waals surface area contributed by atoms with Gasteiger partial charge in [0.2, 0.25) is 5.91 Å². The maximum absolute atomic E-state index is 12.3. The molecule has 0 atom stereocenters. The van der Waals surface area contributed by atoms with Gasteiger partial charge in [0.25, 0.3) is 5.56 Å². The number of furan rings is 1. The fourth-order valence-electron chi connectivity index (χ4n) is 2.38. The summed E-state index contributed by atoms with van der Waals surface area (Å²) in [7, 11) is 0. The number of H-pyrrole nitrogens is 1. The molecule has 27 heavy (non-hydrogen) atoms. The first-order valence-corrected chi connectivity index (χ1v) is 9.17. The predicted molar refractivity (Wildman–Crippen MR) is 102 cm³/mol. The lowest BCUT2D eigenvalue weighted by atomic mass is 10.3. The van der Waals surface area contributed by atoms with Crippen LogP contribution in [0.15, 0.2) is 63.1 Å². The van der Waals surface area contributed by atoms with Gasteiger partial charge >= 0.3 is 0 Å². The molecule has 0 saturated heterocycles. The minimum Gasteiger partial charge on any atom is -0.461 e. The Balaban J connectivity index is 1.58. The largest absolute Gasteiger partial charge is 0.461 e. The van der Waals surface area contributed by atoms with Crippen LogP contribution in [-0.4, -0.2) is 31.2 Å². The molecule has 4 aromatic rings. The van der Waals surface area contributed by atoms with E-state index in [2.05, 4.69) is 20.4 Å². The van der Waals surface area contributed by atoms with Crippen molar-refractivity contribution in [2.45, 2.75) is 5.16 Å². The first-order chi connectivity index (χ1) is 13.1. The van der Waals surface area contributed by atoms with E-state index in [1.54, 1.807) is 36.4 Å². The van der Waals surface area contributed by atoms with E-state index < -0.39 is 0 Å². The number of thioether (sulfide) groups is 1. The normalized spacial score (nSPS) is 11.0. The highest BCUT2D eigenvalue weighted by Gasteiger charge is 2.15. The molecule has 0 radical (unpaired) electrons. The number of aromatic amines is 1. The molecule has 0 fully saturated rings. The summed E-state index contributed by atoms with van der Waals surface area (Å²) in [5, 5.41) is 6.21. The molecule has 1 aromatic carbocycles. The van der Waals surface area contributed by atoms with Gasteiger partial charge in [-0.1, -0.05) is 35.5 Å². The van der Waals surface area contributed by atoms with Crippen molar-refractivity contribution in [3.8, 4) is 11.6 Å². The first kappa shape index (κ1) is 17.4. The zero-order valence-electron chi connectivity index (χ0n) is 13.7. The topological polar surface area (TPSA) is 105 Å². The molecule has 0 unspecified atom stereocenters. The van der Waals surface area contributed by atoms with E-state index in [9.17, 15) is 9.59 Å². The number of fused-ring (bicyclic) bond motifs is 1. The van der Waals surface area contributed by atoms with Gasteiger partial charge in [0.1, 0.15) is 0 Å². The smallest absolute Gasteiger partial charge is 0.266 e. The third-order valence-electron chi connectivity index (χ3n) is 3.55. The molecular weight excluding hydrogens is 390 g/mol. The average Bonchev–Trinajstić information content (AvgIpc) is 3.30. The van der Waals surface area contributed by atoms with Crippen LogP contribution < -0.4 is 10.9 Å². The van der Waals surface area contributed by atoms with Crippen molar-refractivity contribution < 1.29 is 9.21 Å². The second-order valence-corrected chi connectivity index (χ2v) is 6.79. The van der Waals surface area contributed by atoms with Crippen LogP contribution in [0.1, 0.15) is 0 Å². The SMILES string of the molecule is O=C(CSc1nc(-c2ccco2)nc2cc(=O)[nH]n12)Nc1ccccc1Cl. The Morgan fingerprint density at radius 1 is 1.26 bits per heavy atom. The molecule has 0 saturated carbocycles. The highest BCUT2D eigenvalue weighted by molar-refractivity contribution is 7.99. The van der Waals surface area contributed by atoms with Crippen LogP contribution in [0.2, 0.25) is 5.02 Å². The summed E-state index contributed by atoms with van der Waals surface area (Å²) in [5.74, 6) is 0.602. The number of carbonyl (C=O) groups is 1. The van der Waals surface area contributed by atoms with Gasteiger partial charge in [0.15, 0.2) is 22.4 Å².